The monoisotopic (exact) mass is 154 g/mol. The van der Waals surface area contributed by atoms with Gasteiger partial charge in [0.1, 0.15) is 5.82 Å². The van der Waals surface area contributed by atoms with Crippen LogP contribution in [-0.4, -0.2) is 21.1 Å². The molecular formula is C7H10N2O2. The molecule has 0 fully saturated rings. The summed E-state index contributed by atoms with van der Waals surface area (Å²) in [6, 6.07) is 5.14. The van der Waals surface area contributed by atoms with E-state index in [1.165, 1.54) is 6.92 Å². The Morgan fingerprint density at radius 2 is 2.18 bits per heavy atom. The molecule has 0 aliphatic heterocycles. The minimum Gasteiger partial charge on any atom is -0.349 e. The maximum Gasteiger partial charge on any atom is 0.242 e. The maximum absolute atomic E-state index is 8.88. The molecule has 0 aromatic carbocycles. The van der Waals surface area contributed by atoms with Crippen molar-refractivity contribution >= 4 is 5.82 Å². The van der Waals surface area contributed by atoms with E-state index in [2.05, 4.69) is 10.3 Å². The van der Waals surface area contributed by atoms with Gasteiger partial charge in [0.05, 0.1) is 0 Å². The Labute approximate surface area is 64.5 Å². The van der Waals surface area contributed by atoms with Crippen LogP contribution in [0.15, 0.2) is 24.4 Å². The minimum atomic E-state index is -1.91. The number of aliphatic hydroxyl groups is 2. The second kappa shape index (κ2) is 2.86. The van der Waals surface area contributed by atoms with Gasteiger partial charge in [-0.1, -0.05) is 6.07 Å². The lowest BCUT2D eigenvalue weighted by atomic mass is 10.4. The van der Waals surface area contributed by atoms with E-state index in [0.717, 1.165) is 0 Å². The SMILES string of the molecule is CC(O)(O)Nc1ccccn1. The first-order valence-electron chi connectivity index (χ1n) is 3.22. The number of hydrogen-bond acceptors (Lipinski definition) is 4. The highest BCUT2D eigenvalue weighted by molar-refractivity contribution is 5.34. The Kier molecular flexibility index (Phi) is 2.07. The highest BCUT2D eigenvalue weighted by Gasteiger charge is 2.13. The lowest BCUT2D eigenvalue weighted by molar-refractivity contribution is -0.119. The van der Waals surface area contributed by atoms with Crippen LogP contribution < -0.4 is 5.32 Å². The zero-order chi connectivity index (χ0) is 8.32. The van der Waals surface area contributed by atoms with E-state index in [0.29, 0.717) is 5.82 Å². The molecule has 0 bridgehead atoms. The van der Waals surface area contributed by atoms with Gasteiger partial charge in [-0.15, -0.1) is 0 Å². The average molecular weight is 154 g/mol. The summed E-state index contributed by atoms with van der Waals surface area (Å²) >= 11 is 0. The molecule has 0 spiro atoms. The number of hydrogen-bond donors (Lipinski definition) is 3. The Morgan fingerprint density at radius 3 is 2.64 bits per heavy atom. The summed E-state index contributed by atoms with van der Waals surface area (Å²) in [5, 5.41) is 20.1. The normalized spacial score (nSPS) is 11.2. The van der Waals surface area contributed by atoms with Crippen LogP contribution in [-0.2, 0) is 0 Å². The summed E-state index contributed by atoms with van der Waals surface area (Å²) in [4.78, 5) is 3.83. The van der Waals surface area contributed by atoms with E-state index in [4.69, 9.17) is 10.2 Å². The van der Waals surface area contributed by atoms with Crippen LogP contribution in [0.25, 0.3) is 0 Å². The van der Waals surface area contributed by atoms with Gasteiger partial charge in [-0.2, -0.15) is 0 Å². The standard InChI is InChI=1S/C7H10N2O2/c1-7(10,11)9-6-4-2-3-5-8-6/h2-5,10-11H,1H3,(H,8,9). The number of pyridine rings is 1. The molecule has 0 radical (unpaired) electrons. The van der Waals surface area contributed by atoms with Crippen molar-refractivity contribution in [3.05, 3.63) is 24.4 Å². The van der Waals surface area contributed by atoms with Crippen molar-refractivity contribution in [2.24, 2.45) is 0 Å². The maximum atomic E-state index is 8.88. The Hall–Kier alpha value is -1.13. The van der Waals surface area contributed by atoms with E-state index in [1.807, 2.05) is 0 Å². The summed E-state index contributed by atoms with van der Waals surface area (Å²) in [7, 11) is 0. The van der Waals surface area contributed by atoms with Crippen molar-refractivity contribution in [2.75, 3.05) is 5.32 Å². The molecule has 0 atom stereocenters. The Balaban J connectivity index is 2.66. The van der Waals surface area contributed by atoms with Gasteiger partial charge >= 0.3 is 0 Å². The Bertz CT molecular complexity index is 218. The first-order chi connectivity index (χ1) is 5.08. The Morgan fingerprint density at radius 1 is 1.45 bits per heavy atom. The molecule has 4 nitrogen and oxygen atoms in total. The lowest BCUT2D eigenvalue weighted by Gasteiger charge is -2.17. The zero-order valence-electron chi connectivity index (χ0n) is 6.15. The highest BCUT2D eigenvalue weighted by Crippen LogP contribution is 2.05. The molecular weight excluding hydrogens is 144 g/mol. The van der Waals surface area contributed by atoms with Gasteiger partial charge in [0.25, 0.3) is 0 Å². The quantitative estimate of drug-likeness (QED) is 0.530. The van der Waals surface area contributed by atoms with Gasteiger partial charge in [0.15, 0.2) is 0 Å². The molecule has 1 aromatic rings. The van der Waals surface area contributed by atoms with E-state index in [1.54, 1.807) is 24.4 Å². The molecule has 0 saturated carbocycles. The topological polar surface area (TPSA) is 65.4 Å². The van der Waals surface area contributed by atoms with E-state index in [9.17, 15) is 0 Å². The summed E-state index contributed by atoms with van der Waals surface area (Å²) in [6.45, 7) is 1.22. The predicted molar refractivity (Wildman–Crippen MR) is 40.7 cm³/mol. The molecule has 0 unspecified atom stereocenters. The smallest absolute Gasteiger partial charge is 0.242 e. The van der Waals surface area contributed by atoms with E-state index < -0.39 is 5.91 Å². The summed E-state index contributed by atoms with van der Waals surface area (Å²) in [5.41, 5.74) is 0. The third-order valence-corrected chi connectivity index (χ3v) is 1.03. The van der Waals surface area contributed by atoms with Gasteiger partial charge in [0.2, 0.25) is 5.91 Å². The van der Waals surface area contributed by atoms with Gasteiger partial charge in [-0.25, -0.2) is 4.98 Å². The van der Waals surface area contributed by atoms with Crippen LogP contribution in [0.4, 0.5) is 5.82 Å². The molecule has 0 amide bonds. The summed E-state index contributed by atoms with van der Waals surface area (Å²) < 4.78 is 0. The number of anilines is 1. The highest BCUT2D eigenvalue weighted by atomic mass is 16.5. The van der Waals surface area contributed by atoms with E-state index >= 15 is 0 Å². The van der Waals surface area contributed by atoms with Crippen molar-refractivity contribution in [1.29, 1.82) is 0 Å². The van der Waals surface area contributed by atoms with Crippen LogP contribution in [0, 0.1) is 0 Å². The van der Waals surface area contributed by atoms with Gasteiger partial charge in [-0.3, -0.25) is 0 Å². The first-order valence-corrected chi connectivity index (χ1v) is 3.22. The van der Waals surface area contributed by atoms with Crippen LogP contribution in [0.2, 0.25) is 0 Å². The molecule has 1 aromatic heterocycles. The number of aromatic nitrogens is 1. The molecule has 1 heterocycles. The lowest BCUT2D eigenvalue weighted by Crippen LogP contribution is -2.33. The zero-order valence-corrected chi connectivity index (χ0v) is 6.15. The predicted octanol–water partition coefficient (Wildman–Crippen LogP) is 0.152. The number of nitrogens with one attached hydrogen (secondary N) is 1. The largest absolute Gasteiger partial charge is 0.349 e. The van der Waals surface area contributed by atoms with Crippen molar-refractivity contribution in [3.63, 3.8) is 0 Å². The minimum absolute atomic E-state index is 0.431. The molecule has 11 heavy (non-hydrogen) atoms. The molecule has 0 saturated heterocycles. The van der Waals surface area contributed by atoms with Crippen LogP contribution in [0.1, 0.15) is 6.92 Å². The second-order valence-corrected chi connectivity index (χ2v) is 2.36. The second-order valence-electron chi connectivity index (χ2n) is 2.36. The third-order valence-electron chi connectivity index (χ3n) is 1.03. The molecule has 0 aliphatic rings. The fraction of sp³-hybridized carbons (Fsp3) is 0.286. The molecule has 3 N–H and O–H groups in total. The average Bonchev–Trinajstić information content (AvgIpc) is 1.85. The molecule has 60 valence electrons. The van der Waals surface area contributed by atoms with Crippen molar-refractivity contribution in [3.8, 4) is 0 Å². The van der Waals surface area contributed by atoms with Gasteiger partial charge in [0, 0.05) is 13.1 Å². The number of nitrogens with zero attached hydrogens (tertiary/aromatic N) is 1. The van der Waals surface area contributed by atoms with Crippen molar-refractivity contribution in [1.82, 2.24) is 4.98 Å². The first kappa shape index (κ1) is 7.97. The van der Waals surface area contributed by atoms with Crippen LogP contribution in [0.3, 0.4) is 0 Å². The molecule has 4 heteroatoms. The fourth-order valence-corrected chi connectivity index (χ4v) is 0.679. The van der Waals surface area contributed by atoms with Crippen LogP contribution >= 0.6 is 0 Å². The summed E-state index contributed by atoms with van der Waals surface area (Å²) in [5.74, 6) is -1.48. The summed E-state index contributed by atoms with van der Waals surface area (Å²) in [6.07, 6.45) is 1.56. The fourth-order valence-electron chi connectivity index (χ4n) is 0.679. The third kappa shape index (κ3) is 2.97. The van der Waals surface area contributed by atoms with Crippen molar-refractivity contribution < 1.29 is 10.2 Å². The number of rotatable bonds is 2. The van der Waals surface area contributed by atoms with Gasteiger partial charge < -0.3 is 15.5 Å². The van der Waals surface area contributed by atoms with Crippen molar-refractivity contribution in [2.45, 2.75) is 12.8 Å². The van der Waals surface area contributed by atoms with Crippen LogP contribution in [0.5, 0.6) is 0 Å². The molecule has 1 rings (SSSR count). The molecule has 0 aliphatic carbocycles. The van der Waals surface area contributed by atoms with E-state index in [-0.39, 0.29) is 0 Å². The van der Waals surface area contributed by atoms with Gasteiger partial charge in [-0.05, 0) is 12.1 Å².